The molecule has 1 saturated heterocycles. The van der Waals surface area contributed by atoms with Gasteiger partial charge in [0.1, 0.15) is 12.1 Å². The summed E-state index contributed by atoms with van der Waals surface area (Å²) in [6.07, 6.45) is 2.46. The van der Waals surface area contributed by atoms with Gasteiger partial charge in [-0.15, -0.1) is 12.4 Å². The van der Waals surface area contributed by atoms with E-state index in [0.717, 1.165) is 49.3 Å². The largest absolute Gasteiger partial charge is 0.493 e. The van der Waals surface area contributed by atoms with Crippen LogP contribution < -0.4 is 19.5 Å². The fourth-order valence-corrected chi connectivity index (χ4v) is 3.80. The van der Waals surface area contributed by atoms with Gasteiger partial charge in [0.15, 0.2) is 11.5 Å². The predicted molar refractivity (Wildman–Crippen MR) is 111 cm³/mol. The van der Waals surface area contributed by atoms with Crippen molar-refractivity contribution in [3.8, 4) is 11.5 Å². The Kier molecular flexibility index (Phi) is 7.64. The van der Waals surface area contributed by atoms with E-state index in [-0.39, 0.29) is 18.2 Å². The van der Waals surface area contributed by atoms with Gasteiger partial charge in [-0.1, -0.05) is 0 Å². The molecule has 1 aliphatic heterocycles. The number of primary sulfonamides is 1. The number of ether oxygens (including phenoxy) is 2. The van der Waals surface area contributed by atoms with Crippen molar-refractivity contribution in [3.63, 3.8) is 0 Å². The zero-order chi connectivity index (χ0) is 19.4. The van der Waals surface area contributed by atoms with Gasteiger partial charge in [0.05, 0.1) is 25.5 Å². The molecule has 0 unspecified atom stereocenters. The van der Waals surface area contributed by atoms with E-state index >= 15 is 0 Å². The summed E-state index contributed by atoms with van der Waals surface area (Å²) in [5.74, 6) is 2.07. The molecule has 1 fully saturated rings. The predicted octanol–water partition coefficient (Wildman–Crippen LogP) is 0.869. The van der Waals surface area contributed by atoms with Gasteiger partial charge in [0.2, 0.25) is 10.0 Å². The van der Waals surface area contributed by atoms with E-state index in [9.17, 15) is 8.42 Å². The summed E-state index contributed by atoms with van der Waals surface area (Å²) < 4.78 is 33.2. The average molecular weight is 432 g/mol. The Morgan fingerprint density at radius 3 is 2.46 bits per heavy atom. The van der Waals surface area contributed by atoms with Crippen LogP contribution in [0, 0.1) is 0 Å². The van der Waals surface area contributed by atoms with E-state index in [1.165, 1.54) is 0 Å². The quantitative estimate of drug-likeness (QED) is 0.717. The molecule has 1 aromatic carbocycles. The lowest BCUT2D eigenvalue weighted by atomic mass is 10.2. The standard InChI is InChI=1S/C17H25N5O4S.ClH/c1-25-15-10-13-14(11-16(15)26-2)19-12-20-17(13)22-5-3-4-21(6-7-22)8-9-27(18,23)24;/h10-12H,3-9H2,1-2H3,(H2,18,23,24);1H. The molecule has 0 atom stereocenters. The van der Waals surface area contributed by atoms with E-state index in [2.05, 4.69) is 19.8 Å². The molecule has 0 spiro atoms. The molecule has 1 aromatic heterocycles. The Balaban J connectivity index is 0.00000280. The highest BCUT2D eigenvalue weighted by atomic mass is 35.5. The number of aromatic nitrogens is 2. The number of anilines is 1. The van der Waals surface area contributed by atoms with Crippen molar-refractivity contribution in [3.05, 3.63) is 18.5 Å². The molecule has 0 saturated carbocycles. The molecule has 11 heteroatoms. The first-order valence-electron chi connectivity index (χ1n) is 8.76. The number of fused-ring (bicyclic) bond motifs is 1. The molecule has 2 aromatic rings. The Bertz CT molecular complexity index is 912. The highest BCUT2D eigenvalue weighted by molar-refractivity contribution is 7.89. The molecule has 2 heterocycles. The maximum absolute atomic E-state index is 11.2. The van der Waals surface area contributed by atoms with Gasteiger partial charge in [-0.25, -0.2) is 23.5 Å². The lowest BCUT2D eigenvalue weighted by Crippen LogP contribution is -2.35. The third-order valence-electron chi connectivity index (χ3n) is 4.70. The smallest absolute Gasteiger partial charge is 0.210 e. The monoisotopic (exact) mass is 431 g/mol. The zero-order valence-electron chi connectivity index (χ0n) is 16.0. The summed E-state index contributed by atoms with van der Waals surface area (Å²) in [5.41, 5.74) is 0.785. The normalized spacial score (nSPS) is 15.8. The van der Waals surface area contributed by atoms with E-state index < -0.39 is 10.0 Å². The fraction of sp³-hybridized carbons (Fsp3) is 0.529. The Morgan fingerprint density at radius 1 is 1.07 bits per heavy atom. The lowest BCUT2D eigenvalue weighted by molar-refractivity contribution is 0.310. The molecular weight excluding hydrogens is 406 g/mol. The Labute approximate surface area is 171 Å². The summed E-state index contributed by atoms with van der Waals surface area (Å²) in [5, 5.41) is 6.02. The van der Waals surface area contributed by atoms with Crippen molar-refractivity contribution in [2.75, 3.05) is 57.6 Å². The van der Waals surface area contributed by atoms with Crippen LogP contribution in [0.3, 0.4) is 0 Å². The Morgan fingerprint density at radius 2 is 1.79 bits per heavy atom. The maximum Gasteiger partial charge on any atom is 0.210 e. The topological polar surface area (TPSA) is 111 Å². The van der Waals surface area contributed by atoms with Gasteiger partial charge in [-0.2, -0.15) is 0 Å². The molecule has 2 N–H and O–H groups in total. The van der Waals surface area contributed by atoms with Crippen molar-refractivity contribution in [1.82, 2.24) is 14.9 Å². The van der Waals surface area contributed by atoms with Crippen LogP contribution in [0.4, 0.5) is 5.82 Å². The van der Waals surface area contributed by atoms with Gasteiger partial charge in [-0.3, -0.25) is 0 Å². The summed E-state index contributed by atoms with van der Waals surface area (Å²) in [6, 6.07) is 3.74. The molecule has 28 heavy (non-hydrogen) atoms. The van der Waals surface area contributed by atoms with Crippen molar-refractivity contribution in [2.24, 2.45) is 5.14 Å². The molecule has 0 aliphatic carbocycles. The molecule has 0 bridgehead atoms. The number of nitrogens with two attached hydrogens (primary N) is 1. The SMILES string of the molecule is COc1cc2ncnc(N3CCCN(CCS(N)(=O)=O)CC3)c2cc1OC.Cl. The van der Waals surface area contributed by atoms with Gasteiger partial charge >= 0.3 is 0 Å². The summed E-state index contributed by atoms with van der Waals surface area (Å²) in [7, 11) is -0.252. The maximum atomic E-state index is 11.2. The molecule has 0 amide bonds. The minimum atomic E-state index is -3.45. The second-order valence-corrected chi connectivity index (χ2v) is 8.20. The van der Waals surface area contributed by atoms with Crippen LogP contribution in [-0.4, -0.2) is 76.0 Å². The summed E-state index contributed by atoms with van der Waals surface area (Å²) in [6.45, 7) is 3.58. The van der Waals surface area contributed by atoms with Crippen LogP contribution in [-0.2, 0) is 10.0 Å². The first kappa shape index (κ1) is 22.4. The second-order valence-electron chi connectivity index (χ2n) is 6.47. The number of hydrogen-bond acceptors (Lipinski definition) is 8. The van der Waals surface area contributed by atoms with Crippen LogP contribution in [0.5, 0.6) is 11.5 Å². The number of rotatable bonds is 6. The minimum absolute atomic E-state index is 0. The Hall–Kier alpha value is -1.88. The number of sulfonamides is 1. The number of methoxy groups -OCH3 is 2. The minimum Gasteiger partial charge on any atom is -0.493 e. The van der Waals surface area contributed by atoms with E-state index in [4.69, 9.17) is 14.6 Å². The van der Waals surface area contributed by atoms with Crippen molar-refractivity contribution < 1.29 is 17.9 Å². The number of halogens is 1. The van der Waals surface area contributed by atoms with Crippen LogP contribution in [0.2, 0.25) is 0 Å². The summed E-state index contributed by atoms with van der Waals surface area (Å²) in [4.78, 5) is 13.2. The highest BCUT2D eigenvalue weighted by Crippen LogP contribution is 2.34. The highest BCUT2D eigenvalue weighted by Gasteiger charge is 2.20. The zero-order valence-corrected chi connectivity index (χ0v) is 17.6. The van der Waals surface area contributed by atoms with Crippen LogP contribution >= 0.6 is 12.4 Å². The third-order valence-corrected chi connectivity index (χ3v) is 5.45. The first-order valence-corrected chi connectivity index (χ1v) is 10.5. The van der Waals surface area contributed by atoms with E-state index in [1.54, 1.807) is 20.5 Å². The third kappa shape index (κ3) is 5.34. The van der Waals surface area contributed by atoms with Crippen LogP contribution in [0.15, 0.2) is 18.5 Å². The molecule has 156 valence electrons. The van der Waals surface area contributed by atoms with Crippen molar-refractivity contribution in [1.29, 1.82) is 0 Å². The lowest BCUT2D eigenvalue weighted by Gasteiger charge is -2.24. The summed E-state index contributed by atoms with van der Waals surface area (Å²) >= 11 is 0. The van der Waals surface area contributed by atoms with Gasteiger partial charge in [0.25, 0.3) is 0 Å². The van der Waals surface area contributed by atoms with Crippen LogP contribution in [0.1, 0.15) is 6.42 Å². The van der Waals surface area contributed by atoms with Crippen molar-refractivity contribution >= 4 is 39.2 Å². The average Bonchev–Trinajstić information content (AvgIpc) is 2.89. The van der Waals surface area contributed by atoms with E-state index in [0.29, 0.717) is 18.0 Å². The fourth-order valence-electron chi connectivity index (χ4n) is 3.28. The van der Waals surface area contributed by atoms with Gasteiger partial charge < -0.3 is 19.3 Å². The molecular formula is C17H26ClN5O4S. The molecule has 0 radical (unpaired) electrons. The van der Waals surface area contributed by atoms with Gasteiger partial charge in [-0.05, 0) is 19.0 Å². The number of hydrogen-bond donors (Lipinski definition) is 1. The number of benzene rings is 1. The second kappa shape index (κ2) is 9.55. The number of nitrogens with zero attached hydrogens (tertiary/aromatic N) is 4. The first-order chi connectivity index (χ1) is 12.9. The van der Waals surface area contributed by atoms with E-state index in [1.807, 2.05) is 12.1 Å². The molecule has 3 rings (SSSR count). The van der Waals surface area contributed by atoms with Crippen LogP contribution in [0.25, 0.3) is 10.9 Å². The molecule has 1 aliphatic rings. The van der Waals surface area contributed by atoms with Crippen molar-refractivity contribution in [2.45, 2.75) is 6.42 Å². The molecule has 9 nitrogen and oxygen atoms in total. The van der Waals surface area contributed by atoms with Gasteiger partial charge in [0, 0.05) is 37.6 Å².